The molecule has 0 saturated heterocycles. The van der Waals surface area contributed by atoms with Crippen LogP contribution in [0.2, 0.25) is 6.82 Å². The van der Waals surface area contributed by atoms with E-state index in [0.717, 1.165) is 11.1 Å². The summed E-state index contributed by atoms with van der Waals surface area (Å²) in [7, 11) is 4.50. The van der Waals surface area contributed by atoms with E-state index in [0.29, 0.717) is 0 Å². The molecule has 0 aromatic heterocycles. The van der Waals surface area contributed by atoms with Gasteiger partial charge in [0.2, 0.25) is 0 Å². The van der Waals surface area contributed by atoms with Gasteiger partial charge in [-0.1, -0.05) is 32.8 Å². The van der Waals surface area contributed by atoms with E-state index in [-0.39, 0.29) is 0 Å². The van der Waals surface area contributed by atoms with E-state index < -0.39 is 0 Å². The fourth-order valence-electron chi connectivity index (χ4n) is 0.715. The van der Waals surface area contributed by atoms with E-state index in [2.05, 4.69) is 13.9 Å². The van der Waals surface area contributed by atoms with Gasteiger partial charge >= 0.3 is 0 Å². The molecule has 0 aliphatic carbocycles. The second-order valence-corrected chi connectivity index (χ2v) is 1.98. The minimum absolute atomic E-state index is 0.731. The van der Waals surface area contributed by atoms with Gasteiger partial charge in [0.05, 0.1) is 19.5 Å². The van der Waals surface area contributed by atoms with Gasteiger partial charge in [0, 0.05) is 0 Å². The second-order valence-electron chi connectivity index (χ2n) is 1.98. The molecule has 0 atom stereocenters. The minimum atomic E-state index is 0.731. The molecule has 0 heterocycles. The van der Waals surface area contributed by atoms with Crippen molar-refractivity contribution in [3.05, 3.63) is 35.4 Å². The van der Waals surface area contributed by atoms with Crippen LogP contribution in [0, 0.1) is 18.3 Å². The highest BCUT2D eigenvalue weighted by Gasteiger charge is 1.86. The van der Waals surface area contributed by atoms with Crippen LogP contribution in [0.1, 0.15) is 25.0 Å². The van der Waals surface area contributed by atoms with E-state index in [9.17, 15) is 0 Å². The standard InChI is InChI=1S/C8H7N.C2H6.CH3B/c1-7-3-2-4-8(5-7)6-9;2*1-2/h2-5H,1H3;1-2H3;1H3. The average Bonchev–Trinajstić information content (AvgIpc) is 2.24. The predicted molar refractivity (Wildman–Crippen MR) is 58.9 cm³/mol. The molecule has 0 aliphatic rings. The first kappa shape index (κ1) is 14.3. The zero-order valence-electron chi connectivity index (χ0n) is 8.83. The lowest BCUT2D eigenvalue weighted by atomic mass is 10.2. The first-order valence-corrected chi connectivity index (χ1v) is 4.37. The van der Waals surface area contributed by atoms with E-state index in [1.54, 1.807) is 6.07 Å². The maximum atomic E-state index is 8.41. The normalized spacial score (nSPS) is 6.69. The molecule has 1 nitrogen and oxygen atoms in total. The highest BCUT2D eigenvalue weighted by atomic mass is 14.2. The molecular weight excluding hydrogens is 157 g/mol. The van der Waals surface area contributed by atoms with Crippen LogP contribution < -0.4 is 0 Å². The molecule has 0 N–H and O–H groups in total. The Balaban J connectivity index is 0. The van der Waals surface area contributed by atoms with Crippen molar-refractivity contribution in [3.8, 4) is 6.07 Å². The van der Waals surface area contributed by atoms with Gasteiger partial charge in [0.25, 0.3) is 0 Å². The number of rotatable bonds is 0. The number of benzene rings is 1. The van der Waals surface area contributed by atoms with Crippen molar-refractivity contribution < 1.29 is 0 Å². The fourth-order valence-corrected chi connectivity index (χ4v) is 0.715. The SMILES string of the molecule is CC.Cc1cccc(C#N)c1.[B]C. The Morgan fingerprint density at radius 1 is 1.23 bits per heavy atom. The zero-order chi connectivity index (χ0) is 10.7. The minimum Gasteiger partial charge on any atom is -0.192 e. The third kappa shape index (κ3) is 7.15. The van der Waals surface area contributed by atoms with Gasteiger partial charge in [-0.25, -0.2) is 0 Å². The van der Waals surface area contributed by atoms with Gasteiger partial charge < -0.3 is 0 Å². The Morgan fingerprint density at radius 2 is 1.77 bits per heavy atom. The summed E-state index contributed by atoms with van der Waals surface area (Å²) < 4.78 is 0. The Kier molecular flexibility index (Phi) is 11.9. The molecule has 13 heavy (non-hydrogen) atoms. The molecule has 0 fully saturated rings. The van der Waals surface area contributed by atoms with E-state index in [4.69, 9.17) is 5.26 Å². The number of hydrogen-bond donors (Lipinski definition) is 0. The maximum absolute atomic E-state index is 8.41. The Labute approximate surface area is 82.8 Å². The molecule has 1 aromatic rings. The van der Waals surface area contributed by atoms with Crippen LogP contribution in [-0.2, 0) is 0 Å². The summed E-state index contributed by atoms with van der Waals surface area (Å²) in [6.45, 7) is 7.47. The Hall–Kier alpha value is -1.23. The van der Waals surface area contributed by atoms with Crippen LogP contribution in [0.25, 0.3) is 0 Å². The van der Waals surface area contributed by atoms with Crippen molar-refractivity contribution in [2.24, 2.45) is 0 Å². The molecule has 2 heteroatoms. The third-order valence-electron chi connectivity index (χ3n) is 1.15. The summed E-state index contributed by atoms with van der Waals surface area (Å²) in [6, 6.07) is 9.58. The lowest BCUT2D eigenvalue weighted by Gasteiger charge is -1.88. The smallest absolute Gasteiger partial charge is 0.0991 e. The van der Waals surface area contributed by atoms with E-state index in [1.165, 1.54) is 6.82 Å². The van der Waals surface area contributed by atoms with Crippen molar-refractivity contribution in [2.75, 3.05) is 0 Å². The Bertz CT molecular complexity index is 251. The van der Waals surface area contributed by atoms with E-state index >= 15 is 0 Å². The summed E-state index contributed by atoms with van der Waals surface area (Å²) in [6.07, 6.45) is 0. The van der Waals surface area contributed by atoms with E-state index in [1.807, 2.05) is 39.0 Å². The van der Waals surface area contributed by atoms with Gasteiger partial charge in [-0.05, 0) is 24.6 Å². The number of nitrogens with zero attached hydrogens (tertiary/aromatic N) is 1. The van der Waals surface area contributed by atoms with Gasteiger partial charge in [-0.15, -0.1) is 0 Å². The molecule has 0 bridgehead atoms. The summed E-state index contributed by atoms with van der Waals surface area (Å²) in [5.74, 6) is 0. The number of nitriles is 1. The van der Waals surface area contributed by atoms with Crippen LogP contribution in [0.3, 0.4) is 0 Å². The van der Waals surface area contributed by atoms with Crippen molar-refractivity contribution >= 4 is 7.85 Å². The maximum Gasteiger partial charge on any atom is 0.0991 e. The van der Waals surface area contributed by atoms with Crippen molar-refractivity contribution in [1.82, 2.24) is 0 Å². The van der Waals surface area contributed by atoms with Crippen LogP contribution in [0.4, 0.5) is 0 Å². The lowest BCUT2D eigenvalue weighted by Crippen LogP contribution is -1.73. The molecule has 68 valence electrons. The lowest BCUT2D eigenvalue weighted by molar-refractivity contribution is 1.42. The Morgan fingerprint density at radius 3 is 2.08 bits per heavy atom. The highest BCUT2D eigenvalue weighted by Crippen LogP contribution is 2.00. The second kappa shape index (κ2) is 10.8. The van der Waals surface area contributed by atoms with Crippen LogP contribution in [0.15, 0.2) is 24.3 Å². The van der Waals surface area contributed by atoms with Crippen LogP contribution >= 0.6 is 0 Å². The monoisotopic (exact) mass is 173 g/mol. The van der Waals surface area contributed by atoms with Gasteiger partial charge in [0.15, 0.2) is 0 Å². The molecule has 0 spiro atoms. The van der Waals surface area contributed by atoms with Crippen molar-refractivity contribution in [3.63, 3.8) is 0 Å². The molecular formula is C11H16BN. The molecule has 0 unspecified atom stereocenters. The summed E-state index contributed by atoms with van der Waals surface area (Å²) in [5.41, 5.74) is 1.86. The molecule has 1 aromatic carbocycles. The topological polar surface area (TPSA) is 23.8 Å². The van der Waals surface area contributed by atoms with Gasteiger partial charge in [-0.3, -0.25) is 0 Å². The predicted octanol–water partition coefficient (Wildman–Crippen LogP) is 3.10. The van der Waals surface area contributed by atoms with Crippen molar-refractivity contribution in [1.29, 1.82) is 5.26 Å². The van der Waals surface area contributed by atoms with Crippen LogP contribution in [-0.4, -0.2) is 7.85 Å². The summed E-state index contributed by atoms with van der Waals surface area (Å²) >= 11 is 0. The number of hydrogen-bond acceptors (Lipinski definition) is 1. The zero-order valence-corrected chi connectivity index (χ0v) is 8.83. The molecule has 0 amide bonds. The molecule has 1 rings (SSSR count). The fraction of sp³-hybridized carbons (Fsp3) is 0.364. The summed E-state index contributed by atoms with van der Waals surface area (Å²) in [4.78, 5) is 0. The largest absolute Gasteiger partial charge is 0.192 e. The highest BCUT2D eigenvalue weighted by molar-refractivity contribution is 6.05. The van der Waals surface area contributed by atoms with Gasteiger partial charge in [-0.2, -0.15) is 5.26 Å². The number of aryl methyl sites for hydroxylation is 1. The van der Waals surface area contributed by atoms with Crippen LogP contribution in [0.5, 0.6) is 0 Å². The van der Waals surface area contributed by atoms with Crippen molar-refractivity contribution in [2.45, 2.75) is 27.6 Å². The first-order chi connectivity index (χ1) is 6.33. The summed E-state index contributed by atoms with van der Waals surface area (Å²) in [5, 5.41) is 8.41. The average molecular weight is 173 g/mol. The molecule has 0 aliphatic heterocycles. The first-order valence-electron chi connectivity index (χ1n) is 4.37. The quantitative estimate of drug-likeness (QED) is 0.553. The third-order valence-corrected chi connectivity index (χ3v) is 1.15. The molecule has 0 saturated carbocycles. The molecule has 2 radical (unpaired) electrons. The van der Waals surface area contributed by atoms with Gasteiger partial charge in [0.1, 0.15) is 0 Å².